The molecule has 7 heteroatoms. The van der Waals surface area contributed by atoms with E-state index in [9.17, 15) is 9.59 Å². The fraction of sp³-hybridized carbons (Fsp3) is 0.588. The summed E-state index contributed by atoms with van der Waals surface area (Å²) < 4.78 is 5.24. The van der Waals surface area contributed by atoms with Crippen LogP contribution in [0.15, 0.2) is 24.5 Å². The second-order valence-electron chi connectivity index (χ2n) is 6.90. The van der Waals surface area contributed by atoms with E-state index in [0.717, 1.165) is 19.3 Å². The number of amides is 3. The molecule has 0 spiro atoms. The van der Waals surface area contributed by atoms with E-state index in [1.807, 2.05) is 20.8 Å². The normalized spacial score (nSPS) is 18.0. The van der Waals surface area contributed by atoms with Crippen LogP contribution in [0.25, 0.3) is 0 Å². The molecule has 0 bridgehead atoms. The van der Waals surface area contributed by atoms with Gasteiger partial charge in [-0.3, -0.25) is 4.98 Å². The van der Waals surface area contributed by atoms with Crippen molar-refractivity contribution in [1.29, 1.82) is 0 Å². The average Bonchev–Trinajstić information content (AvgIpc) is 2.52. The topological polar surface area (TPSA) is 83.6 Å². The van der Waals surface area contributed by atoms with E-state index in [0.29, 0.717) is 18.8 Å². The highest BCUT2D eigenvalue weighted by molar-refractivity contribution is 5.89. The van der Waals surface area contributed by atoms with E-state index < -0.39 is 11.7 Å². The molecule has 7 nitrogen and oxygen atoms in total. The smallest absolute Gasteiger partial charge is 0.407 e. The van der Waals surface area contributed by atoms with Gasteiger partial charge in [0.15, 0.2) is 0 Å². The zero-order valence-electron chi connectivity index (χ0n) is 14.5. The van der Waals surface area contributed by atoms with Gasteiger partial charge in [-0.15, -0.1) is 0 Å². The number of likely N-dealkylation sites (tertiary alicyclic amines) is 1. The van der Waals surface area contributed by atoms with Crippen molar-refractivity contribution >= 4 is 17.8 Å². The van der Waals surface area contributed by atoms with Gasteiger partial charge in [0, 0.05) is 19.3 Å². The number of hydrogen-bond donors (Lipinski definition) is 2. The minimum atomic E-state index is -0.534. The van der Waals surface area contributed by atoms with Gasteiger partial charge in [-0.25, -0.2) is 9.59 Å². The van der Waals surface area contributed by atoms with Crippen molar-refractivity contribution < 1.29 is 14.3 Å². The molecule has 3 amide bonds. The Bertz CT molecular complexity index is 557. The quantitative estimate of drug-likeness (QED) is 0.890. The number of nitrogens with one attached hydrogen (secondary N) is 2. The van der Waals surface area contributed by atoms with Crippen LogP contribution < -0.4 is 10.6 Å². The molecule has 2 N–H and O–H groups in total. The standard InChI is InChI=1S/C17H26N4O3/c1-17(2,3)24-16(23)19-12-14-8-4-5-10-21(14)15(22)20-13-7-6-9-18-11-13/h6-7,9,11,14H,4-5,8,10,12H2,1-3H3,(H,19,23)(H,20,22)/t14-/m0/s1. The highest BCUT2D eigenvalue weighted by atomic mass is 16.6. The maximum absolute atomic E-state index is 12.5. The maximum atomic E-state index is 12.5. The molecule has 2 rings (SSSR count). The van der Waals surface area contributed by atoms with Crippen LogP contribution in [0.5, 0.6) is 0 Å². The molecule has 1 aromatic heterocycles. The van der Waals surface area contributed by atoms with Crippen molar-refractivity contribution in [2.75, 3.05) is 18.4 Å². The Hall–Kier alpha value is -2.31. The Morgan fingerprint density at radius 1 is 1.38 bits per heavy atom. The van der Waals surface area contributed by atoms with Crippen LogP contribution in [-0.2, 0) is 4.74 Å². The lowest BCUT2D eigenvalue weighted by Crippen LogP contribution is -2.51. The van der Waals surface area contributed by atoms with E-state index >= 15 is 0 Å². The first-order chi connectivity index (χ1) is 11.3. The van der Waals surface area contributed by atoms with E-state index in [2.05, 4.69) is 15.6 Å². The summed E-state index contributed by atoms with van der Waals surface area (Å²) in [7, 11) is 0. The lowest BCUT2D eigenvalue weighted by atomic mass is 10.0. The van der Waals surface area contributed by atoms with Crippen LogP contribution in [-0.4, -0.2) is 46.7 Å². The number of rotatable bonds is 3. The number of hydrogen-bond acceptors (Lipinski definition) is 4. The highest BCUT2D eigenvalue weighted by Gasteiger charge is 2.27. The predicted octanol–water partition coefficient (Wildman–Crippen LogP) is 2.99. The van der Waals surface area contributed by atoms with Gasteiger partial charge in [0.1, 0.15) is 5.60 Å². The van der Waals surface area contributed by atoms with Gasteiger partial charge < -0.3 is 20.3 Å². The summed E-state index contributed by atoms with van der Waals surface area (Å²) in [6.45, 7) is 6.52. The number of anilines is 1. The molecule has 0 saturated carbocycles. The monoisotopic (exact) mass is 334 g/mol. The Morgan fingerprint density at radius 2 is 2.17 bits per heavy atom. The van der Waals surface area contributed by atoms with Crippen molar-refractivity contribution in [2.24, 2.45) is 0 Å². The number of alkyl carbamates (subject to hydrolysis) is 1. The Kier molecular flexibility index (Phi) is 6.00. The number of carbonyl (C=O) groups is 2. The number of carbonyl (C=O) groups excluding carboxylic acids is 2. The summed E-state index contributed by atoms with van der Waals surface area (Å²) in [5.74, 6) is 0. The SMILES string of the molecule is CC(C)(C)OC(=O)NC[C@@H]1CCCCN1C(=O)Nc1cccnc1. The Morgan fingerprint density at radius 3 is 2.83 bits per heavy atom. The van der Waals surface area contributed by atoms with Crippen LogP contribution in [0.4, 0.5) is 15.3 Å². The van der Waals surface area contributed by atoms with Gasteiger partial charge >= 0.3 is 12.1 Å². The Labute approximate surface area is 142 Å². The van der Waals surface area contributed by atoms with E-state index in [1.165, 1.54) is 0 Å². The number of urea groups is 1. The molecular formula is C17H26N4O3. The molecule has 2 heterocycles. The first kappa shape index (κ1) is 18.0. The van der Waals surface area contributed by atoms with E-state index in [4.69, 9.17) is 4.74 Å². The van der Waals surface area contributed by atoms with Crippen molar-refractivity contribution in [1.82, 2.24) is 15.2 Å². The van der Waals surface area contributed by atoms with Gasteiger partial charge in [0.25, 0.3) is 0 Å². The van der Waals surface area contributed by atoms with E-state index in [1.54, 1.807) is 29.4 Å². The van der Waals surface area contributed by atoms with Gasteiger partial charge in [0.05, 0.1) is 17.9 Å². The Balaban J connectivity index is 1.90. The lowest BCUT2D eigenvalue weighted by molar-refractivity contribution is 0.0505. The van der Waals surface area contributed by atoms with Crippen molar-refractivity contribution in [2.45, 2.75) is 51.7 Å². The highest BCUT2D eigenvalue weighted by Crippen LogP contribution is 2.18. The fourth-order valence-electron chi connectivity index (χ4n) is 2.63. The van der Waals surface area contributed by atoms with Crippen molar-refractivity contribution in [3.63, 3.8) is 0 Å². The van der Waals surface area contributed by atoms with Crippen LogP contribution in [0.2, 0.25) is 0 Å². The first-order valence-corrected chi connectivity index (χ1v) is 8.29. The molecule has 0 unspecified atom stereocenters. The van der Waals surface area contributed by atoms with Crippen LogP contribution >= 0.6 is 0 Å². The third-order valence-corrected chi connectivity index (χ3v) is 3.68. The number of pyridine rings is 1. The zero-order chi connectivity index (χ0) is 17.6. The molecule has 1 aromatic rings. The molecule has 24 heavy (non-hydrogen) atoms. The molecular weight excluding hydrogens is 308 g/mol. The second kappa shape index (κ2) is 7.99. The molecule has 1 fully saturated rings. The minimum Gasteiger partial charge on any atom is -0.444 e. The molecule has 0 aliphatic carbocycles. The summed E-state index contributed by atoms with van der Waals surface area (Å²) in [4.78, 5) is 30.1. The average molecular weight is 334 g/mol. The third kappa shape index (κ3) is 5.72. The third-order valence-electron chi connectivity index (χ3n) is 3.68. The zero-order valence-corrected chi connectivity index (χ0v) is 14.5. The van der Waals surface area contributed by atoms with Crippen molar-refractivity contribution in [3.05, 3.63) is 24.5 Å². The van der Waals surface area contributed by atoms with Gasteiger partial charge in [-0.2, -0.15) is 0 Å². The van der Waals surface area contributed by atoms with Gasteiger partial charge in [-0.05, 0) is 52.2 Å². The van der Waals surface area contributed by atoms with Crippen LogP contribution in [0.3, 0.4) is 0 Å². The molecule has 132 valence electrons. The predicted molar refractivity (Wildman–Crippen MR) is 91.8 cm³/mol. The van der Waals surface area contributed by atoms with Gasteiger partial charge in [0.2, 0.25) is 0 Å². The largest absolute Gasteiger partial charge is 0.444 e. The number of piperidine rings is 1. The van der Waals surface area contributed by atoms with Gasteiger partial charge in [-0.1, -0.05) is 0 Å². The molecule has 0 aromatic carbocycles. The second-order valence-corrected chi connectivity index (χ2v) is 6.90. The number of aromatic nitrogens is 1. The van der Waals surface area contributed by atoms with Crippen molar-refractivity contribution in [3.8, 4) is 0 Å². The van der Waals surface area contributed by atoms with E-state index in [-0.39, 0.29) is 12.1 Å². The molecule has 1 saturated heterocycles. The summed E-state index contributed by atoms with van der Waals surface area (Å²) >= 11 is 0. The fourth-order valence-corrected chi connectivity index (χ4v) is 2.63. The summed E-state index contributed by atoms with van der Waals surface area (Å²) in [5, 5.41) is 5.61. The summed E-state index contributed by atoms with van der Waals surface area (Å²) in [6, 6.07) is 3.36. The lowest BCUT2D eigenvalue weighted by Gasteiger charge is -2.35. The summed E-state index contributed by atoms with van der Waals surface area (Å²) in [6.07, 6.45) is 5.66. The molecule has 1 aliphatic heterocycles. The number of ether oxygens (including phenoxy) is 1. The summed E-state index contributed by atoms with van der Waals surface area (Å²) in [5.41, 5.74) is 0.125. The van der Waals surface area contributed by atoms with Crippen LogP contribution in [0, 0.1) is 0 Å². The number of nitrogens with zero attached hydrogens (tertiary/aromatic N) is 2. The molecule has 1 atom stereocenters. The minimum absolute atomic E-state index is 0.0389. The van der Waals surface area contributed by atoms with Crippen LogP contribution in [0.1, 0.15) is 40.0 Å². The molecule has 0 radical (unpaired) electrons. The first-order valence-electron chi connectivity index (χ1n) is 8.29. The molecule has 1 aliphatic rings. The maximum Gasteiger partial charge on any atom is 0.407 e.